The molecule has 0 aromatic carbocycles. The van der Waals surface area contributed by atoms with Gasteiger partial charge in [0, 0.05) is 32.7 Å². The normalized spacial score (nSPS) is 11.8. The molecule has 1 aromatic heterocycles. The Labute approximate surface area is 102 Å². The number of methoxy groups -OCH3 is 1. The summed E-state index contributed by atoms with van der Waals surface area (Å²) in [4.78, 5) is 8.53. The molecule has 0 aliphatic carbocycles. The Morgan fingerprint density at radius 3 is 2.06 bits per heavy atom. The number of ether oxygens (including phenoxy) is 3. The number of rotatable bonds is 7. The predicted octanol–water partition coefficient (Wildman–Crippen LogP) is 1.66. The zero-order chi connectivity index (χ0) is 12.7. The second kappa shape index (κ2) is 6.64. The SMILES string of the molecule is CCOC(COC)(OCC)c1ncc(C)cn1. The average Bonchev–Trinajstić information content (AvgIpc) is 2.30. The van der Waals surface area contributed by atoms with E-state index in [9.17, 15) is 0 Å². The van der Waals surface area contributed by atoms with E-state index >= 15 is 0 Å². The molecule has 0 aliphatic rings. The number of aromatic nitrogens is 2. The van der Waals surface area contributed by atoms with Gasteiger partial charge in [-0.2, -0.15) is 0 Å². The quantitative estimate of drug-likeness (QED) is 0.678. The molecule has 0 aliphatic heterocycles. The lowest BCUT2D eigenvalue weighted by atomic mass is 10.2. The zero-order valence-electron chi connectivity index (χ0n) is 10.9. The van der Waals surface area contributed by atoms with Crippen LogP contribution in [0.2, 0.25) is 0 Å². The van der Waals surface area contributed by atoms with Crippen molar-refractivity contribution in [2.45, 2.75) is 26.6 Å². The third-order valence-corrected chi connectivity index (χ3v) is 2.21. The fraction of sp³-hybridized carbons (Fsp3) is 0.667. The van der Waals surface area contributed by atoms with Crippen molar-refractivity contribution in [3.8, 4) is 0 Å². The first kappa shape index (κ1) is 14.0. The lowest BCUT2D eigenvalue weighted by Crippen LogP contribution is -2.39. The van der Waals surface area contributed by atoms with Gasteiger partial charge in [-0.25, -0.2) is 9.97 Å². The molecule has 0 spiro atoms. The fourth-order valence-corrected chi connectivity index (χ4v) is 1.56. The average molecular weight is 240 g/mol. The van der Waals surface area contributed by atoms with Gasteiger partial charge in [0.15, 0.2) is 5.82 Å². The maximum absolute atomic E-state index is 5.66. The summed E-state index contributed by atoms with van der Waals surface area (Å²) in [6, 6.07) is 0. The summed E-state index contributed by atoms with van der Waals surface area (Å²) >= 11 is 0. The van der Waals surface area contributed by atoms with E-state index in [4.69, 9.17) is 14.2 Å². The largest absolute Gasteiger partial charge is 0.379 e. The van der Waals surface area contributed by atoms with Crippen LogP contribution in [0.25, 0.3) is 0 Å². The molecule has 1 aromatic rings. The molecule has 1 heterocycles. The van der Waals surface area contributed by atoms with E-state index in [1.165, 1.54) is 0 Å². The van der Waals surface area contributed by atoms with Crippen molar-refractivity contribution in [1.82, 2.24) is 9.97 Å². The van der Waals surface area contributed by atoms with Gasteiger partial charge in [0.1, 0.15) is 6.61 Å². The molecule has 0 saturated carbocycles. The van der Waals surface area contributed by atoms with Gasteiger partial charge < -0.3 is 14.2 Å². The second-order valence-corrected chi connectivity index (χ2v) is 3.64. The molecular weight excluding hydrogens is 220 g/mol. The summed E-state index contributed by atoms with van der Waals surface area (Å²) in [5.74, 6) is -0.514. The predicted molar refractivity (Wildman–Crippen MR) is 63.6 cm³/mol. The zero-order valence-corrected chi connectivity index (χ0v) is 10.9. The minimum absolute atomic E-state index is 0.262. The molecule has 0 saturated heterocycles. The fourth-order valence-electron chi connectivity index (χ4n) is 1.56. The van der Waals surface area contributed by atoms with Crippen molar-refractivity contribution in [3.05, 3.63) is 23.8 Å². The lowest BCUT2D eigenvalue weighted by Gasteiger charge is -2.30. The van der Waals surface area contributed by atoms with Crippen molar-refractivity contribution in [1.29, 1.82) is 0 Å². The van der Waals surface area contributed by atoms with Crippen LogP contribution in [0, 0.1) is 6.92 Å². The molecule has 17 heavy (non-hydrogen) atoms. The molecule has 5 heteroatoms. The summed E-state index contributed by atoms with van der Waals surface area (Å²) in [6.45, 7) is 7.00. The van der Waals surface area contributed by atoms with Crippen LogP contribution in [0.3, 0.4) is 0 Å². The number of hydrogen-bond donors (Lipinski definition) is 0. The van der Waals surface area contributed by atoms with E-state index in [1.54, 1.807) is 19.5 Å². The highest BCUT2D eigenvalue weighted by atomic mass is 16.7. The Morgan fingerprint density at radius 2 is 1.65 bits per heavy atom. The first-order valence-corrected chi connectivity index (χ1v) is 5.74. The van der Waals surface area contributed by atoms with Crippen molar-refractivity contribution in [2.75, 3.05) is 26.9 Å². The Hall–Kier alpha value is -1.04. The van der Waals surface area contributed by atoms with Gasteiger partial charge in [-0.05, 0) is 26.3 Å². The Kier molecular flexibility index (Phi) is 5.47. The summed E-state index contributed by atoms with van der Waals surface area (Å²) in [5, 5.41) is 0. The number of aryl methyl sites for hydroxylation is 1. The van der Waals surface area contributed by atoms with Crippen LogP contribution in [-0.4, -0.2) is 36.9 Å². The van der Waals surface area contributed by atoms with Gasteiger partial charge in [0.05, 0.1) is 0 Å². The van der Waals surface area contributed by atoms with Crippen LogP contribution in [-0.2, 0) is 20.0 Å². The van der Waals surface area contributed by atoms with Crippen LogP contribution in [0.15, 0.2) is 12.4 Å². The van der Waals surface area contributed by atoms with Gasteiger partial charge in [-0.1, -0.05) is 0 Å². The number of hydrogen-bond acceptors (Lipinski definition) is 5. The van der Waals surface area contributed by atoms with Gasteiger partial charge in [0.2, 0.25) is 0 Å². The van der Waals surface area contributed by atoms with Crippen LogP contribution in [0.4, 0.5) is 0 Å². The van der Waals surface area contributed by atoms with E-state index in [0.29, 0.717) is 19.0 Å². The summed E-state index contributed by atoms with van der Waals surface area (Å²) in [6.07, 6.45) is 3.48. The lowest BCUT2D eigenvalue weighted by molar-refractivity contribution is -0.268. The smallest absolute Gasteiger partial charge is 0.254 e. The van der Waals surface area contributed by atoms with Crippen LogP contribution < -0.4 is 0 Å². The number of nitrogens with zero attached hydrogens (tertiary/aromatic N) is 2. The van der Waals surface area contributed by atoms with Crippen molar-refractivity contribution < 1.29 is 14.2 Å². The third kappa shape index (κ3) is 3.46. The highest BCUT2D eigenvalue weighted by Crippen LogP contribution is 2.24. The molecule has 0 amide bonds. The van der Waals surface area contributed by atoms with Gasteiger partial charge in [-0.15, -0.1) is 0 Å². The minimum atomic E-state index is -1.01. The van der Waals surface area contributed by atoms with Crippen molar-refractivity contribution in [3.63, 3.8) is 0 Å². The van der Waals surface area contributed by atoms with Gasteiger partial charge in [0.25, 0.3) is 5.79 Å². The van der Waals surface area contributed by atoms with E-state index in [0.717, 1.165) is 5.56 Å². The van der Waals surface area contributed by atoms with Crippen LogP contribution >= 0.6 is 0 Å². The molecule has 0 N–H and O–H groups in total. The Morgan fingerprint density at radius 1 is 1.12 bits per heavy atom. The van der Waals surface area contributed by atoms with Gasteiger partial charge >= 0.3 is 0 Å². The first-order chi connectivity index (χ1) is 8.18. The maximum atomic E-state index is 5.66. The molecule has 0 bridgehead atoms. The Bertz CT molecular complexity index is 310. The van der Waals surface area contributed by atoms with E-state index in [2.05, 4.69) is 9.97 Å². The molecule has 0 radical (unpaired) electrons. The topological polar surface area (TPSA) is 53.5 Å². The van der Waals surface area contributed by atoms with Crippen LogP contribution in [0.1, 0.15) is 25.2 Å². The first-order valence-electron chi connectivity index (χ1n) is 5.74. The molecule has 5 nitrogen and oxygen atoms in total. The van der Waals surface area contributed by atoms with Crippen LogP contribution in [0.5, 0.6) is 0 Å². The highest BCUT2D eigenvalue weighted by molar-refractivity contribution is 5.06. The summed E-state index contributed by atoms with van der Waals surface area (Å²) < 4.78 is 16.5. The molecule has 0 atom stereocenters. The second-order valence-electron chi connectivity index (χ2n) is 3.64. The molecular formula is C12H20N2O3. The van der Waals surface area contributed by atoms with Crippen molar-refractivity contribution >= 4 is 0 Å². The highest BCUT2D eigenvalue weighted by Gasteiger charge is 2.37. The molecule has 0 fully saturated rings. The maximum Gasteiger partial charge on any atom is 0.254 e. The van der Waals surface area contributed by atoms with E-state index in [1.807, 2.05) is 20.8 Å². The summed E-state index contributed by atoms with van der Waals surface area (Å²) in [7, 11) is 1.60. The Balaban J connectivity index is 3.04. The molecule has 0 unspecified atom stereocenters. The van der Waals surface area contributed by atoms with Gasteiger partial charge in [-0.3, -0.25) is 0 Å². The monoisotopic (exact) mass is 240 g/mol. The van der Waals surface area contributed by atoms with Crippen molar-refractivity contribution in [2.24, 2.45) is 0 Å². The summed E-state index contributed by atoms with van der Waals surface area (Å²) in [5.41, 5.74) is 0.994. The standard InChI is InChI=1S/C12H20N2O3/c1-5-16-12(9-15-4,17-6-2)11-13-7-10(3)8-14-11/h7-8H,5-6,9H2,1-4H3. The minimum Gasteiger partial charge on any atom is -0.379 e. The van der Waals surface area contributed by atoms with E-state index in [-0.39, 0.29) is 6.61 Å². The molecule has 96 valence electrons. The molecule has 1 rings (SSSR count). The van der Waals surface area contributed by atoms with E-state index < -0.39 is 5.79 Å². The third-order valence-electron chi connectivity index (χ3n) is 2.21.